The topological polar surface area (TPSA) is 81.2 Å². The number of nitrogens with zero attached hydrogens (tertiary/aromatic N) is 3. The molecule has 15 heteroatoms. The highest BCUT2D eigenvalue weighted by atomic mass is 32.3. The van der Waals surface area contributed by atoms with Crippen molar-refractivity contribution in [2.75, 3.05) is 0 Å². The first-order valence-electron chi connectivity index (χ1n) is 7.57. The molecule has 0 fully saturated rings. The number of halogens is 6. The molecule has 1 aromatic rings. The van der Waals surface area contributed by atoms with Crippen molar-refractivity contribution in [3.05, 3.63) is 18.0 Å². The second-order valence-corrected chi connectivity index (χ2v) is 9.35. The number of aryl methyl sites for hydroxylation is 2. The summed E-state index contributed by atoms with van der Waals surface area (Å²) in [6.45, 7) is 1.70. The van der Waals surface area contributed by atoms with E-state index in [-0.39, 0.29) is 6.54 Å². The smallest absolute Gasteiger partial charge is 0.236 e. The molecule has 0 amide bonds. The van der Waals surface area contributed by atoms with Crippen LogP contribution in [0.1, 0.15) is 32.6 Å². The molecule has 7 nitrogen and oxygen atoms in total. The van der Waals surface area contributed by atoms with E-state index in [1.807, 2.05) is 6.92 Å². The minimum Gasteiger partial charge on any atom is -0.236 e. The Morgan fingerprint density at radius 1 is 0.889 bits per heavy atom. The van der Waals surface area contributed by atoms with Crippen LogP contribution in [0.2, 0.25) is 0 Å². The van der Waals surface area contributed by atoms with E-state index < -0.39 is 40.1 Å². The van der Waals surface area contributed by atoms with Crippen molar-refractivity contribution in [2.24, 2.45) is 7.05 Å². The largest absolute Gasteiger partial charge is 0.531 e. The van der Waals surface area contributed by atoms with Gasteiger partial charge in [-0.25, -0.2) is 9.13 Å². The van der Waals surface area contributed by atoms with E-state index in [0.29, 0.717) is 17.4 Å². The predicted octanol–water partition coefficient (Wildman–Crippen LogP) is 1.88. The third-order valence-corrected chi connectivity index (χ3v) is 7.03. The van der Waals surface area contributed by atoms with Crippen molar-refractivity contribution in [1.29, 1.82) is 0 Å². The Bertz CT molecular complexity index is 893. The molecule has 0 bridgehead atoms. The van der Waals surface area contributed by atoms with Crippen LogP contribution in [0.25, 0.3) is 0 Å². The van der Waals surface area contributed by atoms with E-state index in [1.54, 1.807) is 0 Å². The van der Waals surface area contributed by atoms with Gasteiger partial charge in [-0.1, -0.05) is 26.2 Å². The van der Waals surface area contributed by atoms with Gasteiger partial charge in [0.15, 0.2) is 0 Å². The lowest BCUT2D eigenvalue weighted by molar-refractivity contribution is -0.0488. The zero-order valence-electron chi connectivity index (χ0n) is 14.2. The number of unbranched alkanes of at least 4 members (excludes halogenated alkanes) is 3. The molecule has 0 N–H and O–H groups in total. The fourth-order valence-corrected chi connectivity index (χ4v) is 4.98. The van der Waals surface area contributed by atoms with Gasteiger partial charge in [-0.15, -0.1) is 0 Å². The minimum atomic E-state index is -6.90. The van der Waals surface area contributed by atoms with Crippen molar-refractivity contribution in [3.8, 4) is 0 Å². The molecule has 0 aromatic carbocycles. The van der Waals surface area contributed by atoms with E-state index in [0.717, 1.165) is 36.9 Å². The Hall–Kier alpha value is -1.51. The second-order valence-electron chi connectivity index (χ2n) is 5.56. The maximum Gasteiger partial charge on any atom is 0.531 e. The number of hydrogen-bond donors (Lipinski definition) is 0. The van der Waals surface area contributed by atoms with Crippen LogP contribution < -0.4 is 9.00 Å². The first-order valence-corrected chi connectivity index (χ1v) is 10.4. The normalized spacial score (nSPS) is 13.8. The Labute approximate surface area is 151 Å². The van der Waals surface area contributed by atoms with E-state index >= 15 is 0 Å². The lowest BCUT2D eigenvalue weighted by Gasteiger charge is -2.14. The zero-order valence-corrected chi connectivity index (χ0v) is 15.9. The number of aromatic nitrogens is 2. The second kappa shape index (κ2) is 7.85. The maximum absolute atomic E-state index is 12.9. The number of hydrogen-bond acceptors (Lipinski definition) is 4. The van der Waals surface area contributed by atoms with Crippen molar-refractivity contribution in [1.82, 2.24) is 12.5 Å². The van der Waals surface area contributed by atoms with Crippen LogP contribution in [0, 0.1) is 0 Å². The van der Waals surface area contributed by atoms with Crippen LogP contribution in [0.3, 0.4) is 0 Å². The van der Waals surface area contributed by atoms with Crippen molar-refractivity contribution in [2.45, 2.75) is 50.2 Å². The summed E-state index contributed by atoms with van der Waals surface area (Å²) in [7, 11) is -12.9. The Morgan fingerprint density at radius 2 is 1.37 bits per heavy atom. The van der Waals surface area contributed by atoms with Crippen LogP contribution >= 0.6 is 0 Å². The molecule has 1 heterocycles. The van der Waals surface area contributed by atoms with Gasteiger partial charge in [-0.2, -0.15) is 43.2 Å². The fraction of sp³-hybridized carbons (Fsp3) is 0.750. The summed E-state index contributed by atoms with van der Waals surface area (Å²) >= 11 is 0. The summed E-state index contributed by atoms with van der Waals surface area (Å²) in [6.07, 6.45) is 4.35. The lowest BCUT2D eigenvalue weighted by atomic mass is 10.2. The molecule has 27 heavy (non-hydrogen) atoms. The van der Waals surface area contributed by atoms with Crippen molar-refractivity contribution >= 4 is 20.0 Å². The molecule has 0 saturated carbocycles. The number of imidazole rings is 1. The van der Waals surface area contributed by atoms with Gasteiger partial charge in [-0.05, 0) is 9.81 Å². The van der Waals surface area contributed by atoms with Crippen molar-refractivity contribution < 1.29 is 43.2 Å². The van der Waals surface area contributed by atoms with E-state index in [4.69, 9.17) is 0 Å². The van der Waals surface area contributed by atoms with Crippen LogP contribution in [0.15, 0.2) is 12.4 Å². The van der Waals surface area contributed by atoms with E-state index in [9.17, 15) is 43.2 Å². The fourth-order valence-electron chi connectivity index (χ4n) is 2.17. The molecule has 0 atom stereocenters. The molecule has 0 aliphatic heterocycles. The highest BCUT2D eigenvalue weighted by molar-refractivity contribution is 8.05. The lowest BCUT2D eigenvalue weighted by Crippen LogP contribution is -2.54. The quantitative estimate of drug-likeness (QED) is 0.364. The van der Waals surface area contributed by atoms with Crippen molar-refractivity contribution in [3.63, 3.8) is 0 Å². The van der Waals surface area contributed by atoms with Gasteiger partial charge in [0.2, 0.25) is 0 Å². The standard InChI is InChI=1S/C12H18F6N3O4S2/c1-3-4-5-6-7-20-9-8-19(2)10(20)21(26(22,23)11(13,14)15)27(24,25)12(16,17)18/h8-9H,3-7H2,1-2H3/q+1. The summed E-state index contributed by atoms with van der Waals surface area (Å²) in [6, 6.07) is 0. The molecule has 1 rings (SSSR count). The van der Waals surface area contributed by atoms with Gasteiger partial charge in [0, 0.05) is 0 Å². The summed E-state index contributed by atoms with van der Waals surface area (Å²) in [5, 5.41) is 0. The predicted molar refractivity (Wildman–Crippen MR) is 82.8 cm³/mol. The van der Waals surface area contributed by atoms with Gasteiger partial charge >= 0.3 is 36.7 Å². The average Bonchev–Trinajstić information content (AvgIpc) is 2.82. The SMILES string of the molecule is CCCCCCn1ccn(C)c1=[N+](S(=O)(=O)C(F)(F)F)S(=O)(=O)C(F)(F)F. The molecule has 0 spiro atoms. The molecule has 0 aliphatic rings. The maximum atomic E-state index is 12.9. The average molecular weight is 446 g/mol. The van der Waals surface area contributed by atoms with Crippen LogP contribution in [0.5, 0.6) is 0 Å². The highest BCUT2D eigenvalue weighted by Crippen LogP contribution is 2.30. The first-order chi connectivity index (χ1) is 12.1. The third-order valence-electron chi connectivity index (χ3n) is 3.48. The zero-order chi connectivity index (χ0) is 21.3. The Morgan fingerprint density at radius 3 is 1.78 bits per heavy atom. The molecular formula is C12H18F6N3O4S2+. The first kappa shape index (κ1) is 23.5. The highest BCUT2D eigenvalue weighted by Gasteiger charge is 2.63. The van der Waals surface area contributed by atoms with Gasteiger partial charge in [0.25, 0.3) is 0 Å². The molecule has 0 radical (unpaired) electrons. The van der Waals surface area contributed by atoms with E-state index in [2.05, 4.69) is 0 Å². The van der Waals surface area contributed by atoms with Crippen LogP contribution in [-0.2, 0) is 33.6 Å². The molecule has 0 aliphatic carbocycles. The van der Waals surface area contributed by atoms with Gasteiger partial charge < -0.3 is 0 Å². The minimum absolute atomic E-state index is 0.173. The number of sulfonamides is 2. The third kappa shape index (κ3) is 4.67. The van der Waals surface area contributed by atoms with Gasteiger partial charge in [0.05, 0.1) is 26.0 Å². The van der Waals surface area contributed by atoms with E-state index in [1.165, 1.54) is 0 Å². The summed E-state index contributed by atoms with van der Waals surface area (Å²) in [4.78, 5) is 0. The molecule has 158 valence electrons. The Kier molecular flexibility index (Phi) is 6.84. The van der Waals surface area contributed by atoms with Crippen LogP contribution in [-0.4, -0.2) is 37.0 Å². The molecule has 1 aromatic heterocycles. The summed E-state index contributed by atoms with van der Waals surface area (Å²) < 4.78 is 124. The molecule has 0 saturated heterocycles. The van der Waals surface area contributed by atoms with Gasteiger partial charge in [-0.3, -0.25) is 0 Å². The Balaban J connectivity index is 3.90. The number of alkyl halides is 6. The summed E-state index contributed by atoms with van der Waals surface area (Å²) in [5.41, 5.74) is -13.8. The van der Waals surface area contributed by atoms with Crippen LogP contribution in [0.4, 0.5) is 26.3 Å². The van der Waals surface area contributed by atoms with Gasteiger partial charge in [0.1, 0.15) is 0 Å². The molecule has 0 unspecified atom stereocenters. The number of rotatable bonds is 7. The molecular weight excluding hydrogens is 428 g/mol. The monoisotopic (exact) mass is 446 g/mol. The summed E-state index contributed by atoms with van der Waals surface area (Å²) in [5.74, 6) is 0.